The molecule has 0 saturated heterocycles. The third-order valence-electron chi connectivity index (χ3n) is 2.34. The van der Waals surface area contributed by atoms with E-state index in [2.05, 4.69) is 21.2 Å². The number of hydrogen-bond acceptors (Lipinski definition) is 1. The van der Waals surface area contributed by atoms with Crippen molar-refractivity contribution in [3.8, 4) is 0 Å². The van der Waals surface area contributed by atoms with Gasteiger partial charge in [0.15, 0.2) is 0 Å². The molecule has 0 spiro atoms. The highest BCUT2D eigenvalue weighted by molar-refractivity contribution is 9.10. The maximum absolute atomic E-state index is 13.6. The average molecular weight is 244 g/mol. The largest absolute Gasteiger partial charge is 0.313 e. The molecule has 0 aliphatic carbocycles. The lowest BCUT2D eigenvalue weighted by Crippen LogP contribution is -2.11. The van der Waals surface area contributed by atoms with E-state index in [1.165, 1.54) is 0 Å². The van der Waals surface area contributed by atoms with Crippen molar-refractivity contribution in [2.75, 3.05) is 6.54 Å². The molecule has 1 N–H and O–H groups in total. The third-order valence-corrected chi connectivity index (χ3v) is 2.83. The van der Waals surface area contributed by atoms with Crippen molar-refractivity contribution in [1.82, 2.24) is 5.32 Å². The summed E-state index contributed by atoms with van der Waals surface area (Å²) in [4.78, 5) is 0. The highest BCUT2D eigenvalue weighted by atomic mass is 79.9. The van der Waals surface area contributed by atoms with Crippen LogP contribution >= 0.6 is 15.9 Å². The van der Waals surface area contributed by atoms with E-state index in [0.29, 0.717) is 6.42 Å². The van der Waals surface area contributed by atoms with Gasteiger partial charge in [0.2, 0.25) is 0 Å². The van der Waals surface area contributed by atoms with E-state index in [4.69, 9.17) is 0 Å². The van der Waals surface area contributed by atoms with E-state index in [9.17, 15) is 4.39 Å². The second kappa shape index (κ2) is 3.76. The molecule has 1 aromatic rings. The maximum Gasteiger partial charge on any atom is 0.127 e. The van der Waals surface area contributed by atoms with Crippen LogP contribution in [0.15, 0.2) is 22.7 Å². The smallest absolute Gasteiger partial charge is 0.127 e. The monoisotopic (exact) mass is 243 g/mol. The molecule has 0 bridgehead atoms. The van der Waals surface area contributed by atoms with Crippen LogP contribution in [0.5, 0.6) is 0 Å². The van der Waals surface area contributed by atoms with E-state index in [1.807, 2.05) is 18.2 Å². The number of halogens is 2. The number of benzene rings is 1. The molecule has 1 aromatic carbocycles. The molecule has 0 aromatic heterocycles. The van der Waals surface area contributed by atoms with Crippen molar-refractivity contribution in [2.45, 2.75) is 19.1 Å². The Labute approximate surface area is 85.5 Å². The number of fused-ring (bicyclic) bond motifs is 1. The van der Waals surface area contributed by atoms with Gasteiger partial charge in [-0.15, -0.1) is 0 Å². The summed E-state index contributed by atoms with van der Waals surface area (Å²) in [5.74, 6) is 0. The molecule has 0 fully saturated rings. The summed E-state index contributed by atoms with van der Waals surface area (Å²) < 4.78 is 14.5. The van der Waals surface area contributed by atoms with Gasteiger partial charge in [0.1, 0.15) is 6.17 Å². The zero-order valence-electron chi connectivity index (χ0n) is 7.19. The molecule has 3 heteroatoms. The molecule has 13 heavy (non-hydrogen) atoms. The Morgan fingerprint density at radius 2 is 2.31 bits per heavy atom. The van der Waals surface area contributed by atoms with Crippen LogP contribution in [-0.2, 0) is 6.54 Å². The fourth-order valence-corrected chi connectivity index (χ4v) is 2.00. The van der Waals surface area contributed by atoms with E-state index >= 15 is 0 Å². The second-order valence-corrected chi connectivity index (χ2v) is 4.19. The van der Waals surface area contributed by atoms with Gasteiger partial charge < -0.3 is 5.32 Å². The summed E-state index contributed by atoms with van der Waals surface area (Å²) in [6, 6.07) is 5.82. The van der Waals surface area contributed by atoms with Crippen LogP contribution in [0.3, 0.4) is 0 Å². The van der Waals surface area contributed by atoms with Crippen molar-refractivity contribution >= 4 is 15.9 Å². The molecule has 0 saturated carbocycles. The van der Waals surface area contributed by atoms with Crippen molar-refractivity contribution < 1.29 is 4.39 Å². The highest BCUT2D eigenvalue weighted by Gasteiger charge is 2.17. The van der Waals surface area contributed by atoms with Gasteiger partial charge in [0.25, 0.3) is 0 Å². The van der Waals surface area contributed by atoms with Gasteiger partial charge >= 0.3 is 0 Å². The Morgan fingerprint density at radius 1 is 1.46 bits per heavy atom. The van der Waals surface area contributed by atoms with Crippen molar-refractivity contribution in [3.63, 3.8) is 0 Å². The molecule has 70 valence electrons. The van der Waals surface area contributed by atoms with Crippen LogP contribution in [-0.4, -0.2) is 6.54 Å². The first kappa shape index (κ1) is 9.16. The SMILES string of the molecule is FC1CCNCc2ccc(Br)cc21. The fraction of sp³-hybridized carbons (Fsp3) is 0.400. The predicted octanol–water partition coefficient (Wildman–Crippen LogP) is 2.95. The number of alkyl halides is 1. The second-order valence-electron chi connectivity index (χ2n) is 3.28. The summed E-state index contributed by atoms with van der Waals surface area (Å²) in [6.45, 7) is 1.54. The average Bonchev–Trinajstić information content (AvgIpc) is 2.29. The van der Waals surface area contributed by atoms with Crippen LogP contribution < -0.4 is 5.32 Å². The lowest BCUT2D eigenvalue weighted by Gasteiger charge is -2.08. The number of nitrogens with one attached hydrogen (secondary N) is 1. The quantitative estimate of drug-likeness (QED) is 0.739. The standard InChI is InChI=1S/C10H11BrFN/c11-8-2-1-7-6-13-4-3-10(12)9(7)5-8/h1-2,5,10,13H,3-4,6H2. The summed E-state index contributed by atoms with van der Waals surface area (Å²) in [6.07, 6.45) is -0.244. The van der Waals surface area contributed by atoms with E-state index in [0.717, 1.165) is 28.7 Å². The van der Waals surface area contributed by atoms with Gasteiger partial charge in [-0.3, -0.25) is 0 Å². The first-order chi connectivity index (χ1) is 6.27. The first-order valence-electron chi connectivity index (χ1n) is 4.40. The molecular formula is C10H11BrFN. The minimum atomic E-state index is -0.817. The molecular weight excluding hydrogens is 233 g/mol. The number of hydrogen-bond donors (Lipinski definition) is 1. The Balaban J connectivity index is 2.43. The van der Waals surface area contributed by atoms with E-state index in [-0.39, 0.29) is 0 Å². The zero-order chi connectivity index (χ0) is 9.26. The molecule has 1 atom stereocenters. The van der Waals surface area contributed by atoms with E-state index in [1.54, 1.807) is 0 Å². The molecule has 1 aliphatic heterocycles. The van der Waals surface area contributed by atoms with Crippen molar-refractivity contribution in [3.05, 3.63) is 33.8 Å². The van der Waals surface area contributed by atoms with Crippen LogP contribution in [0.4, 0.5) is 4.39 Å². The Kier molecular flexibility index (Phi) is 2.65. The normalized spacial score (nSPS) is 22.2. The number of rotatable bonds is 0. The summed E-state index contributed by atoms with van der Waals surface area (Å²) in [7, 11) is 0. The van der Waals surface area contributed by atoms with Gasteiger partial charge in [-0.25, -0.2) is 4.39 Å². The topological polar surface area (TPSA) is 12.0 Å². The summed E-state index contributed by atoms with van der Waals surface area (Å²) in [5, 5.41) is 3.20. The Hall–Kier alpha value is -0.410. The van der Waals surface area contributed by atoms with Gasteiger partial charge in [-0.2, -0.15) is 0 Å². The molecule has 0 amide bonds. The minimum absolute atomic E-state index is 0.573. The molecule has 2 rings (SSSR count). The van der Waals surface area contributed by atoms with Crippen LogP contribution in [0, 0.1) is 0 Å². The van der Waals surface area contributed by atoms with E-state index < -0.39 is 6.17 Å². The van der Waals surface area contributed by atoms with Crippen LogP contribution in [0.2, 0.25) is 0 Å². The molecule has 1 unspecified atom stereocenters. The minimum Gasteiger partial charge on any atom is -0.313 e. The predicted molar refractivity (Wildman–Crippen MR) is 54.3 cm³/mol. The summed E-state index contributed by atoms with van der Waals surface area (Å²) >= 11 is 3.36. The summed E-state index contributed by atoms with van der Waals surface area (Å²) in [5.41, 5.74) is 1.91. The Morgan fingerprint density at radius 3 is 3.15 bits per heavy atom. The van der Waals surface area contributed by atoms with Crippen molar-refractivity contribution in [2.24, 2.45) is 0 Å². The maximum atomic E-state index is 13.6. The van der Waals surface area contributed by atoms with Gasteiger partial charge in [0, 0.05) is 11.0 Å². The first-order valence-corrected chi connectivity index (χ1v) is 5.20. The third kappa shape index (κ3) is 1.92. The molecule has 1 nitrogen and oxygen atoms in total. The zero-order valence-corrected chi connectivity index (χ0v) is 8.77. The highest BCUT2D eigenvalue weighted by Crippen LogP contribution is 2.29. The molecule has 0 radical (unpaired) electrons. The van der Waals surface area contributed by atoms with Gasteiger partial charge in [-0.1, -0.05) is 22.0 Å². The molecule has 1 heterocycles. The lowest BCUT2D eigenvalue weighted by molar-refractivity contribution is 0.326. The Bertz CT molecular complexity index is 314. The molecule has 1 aliphatic rings. The fourth-order valence-electron chi connectivity index (χ4n) is 1.63. The van der Waals surface area contributed by atoms with Crippen LogP contribution in [0.25, 0.3) is 0 Å². The van der Waals surface area contributed by atoms with Gasteiger partial charge in [0.05, 0.1) is 0 Å². The van der Waals surface area contributed by atoms with Gasteiger partial charge in [-0.05, 0) is 36.2 Å². The van der Waals surface area contributed by atoms with Crippen LogP contribution in [0.1, 0.15) is 23.7 Å². The van der Waals surface area contributed by atoms with Crippen molar-refractivity contribution in [1.29, 1.82) is 0 Å². The lowest BCUT2D eigenvalue weighted by atomic mass is 10.0.